The molecule has 0 aromatic heterocycles. The van der Waals surface area contributed by atoms with Crippen molar-refractivity contribution in [1.82, 2.24) is 0 Å². The van der Waals surface area contributed by atoms with Crippen LogP contribution in [0.1, 0.15) is 13.3 Å². The quantitative estimate of drug-likeness (QED) is 0.349. The number of nitrogens with zero attached hydrogens (tertiary/aromatic N) is 2. The highest BCUT2D eigenvalue weighted by Gasteiger charge is 2.17. The van der Waals surface area contributed by atoms with Crippen molar-refractivity contribution in [2.45, 2.75) is 13.3 Å². The molecule has 10 heteroatoms. The third kappa shape index (κ3) is 5.05. The van der Waals surface area contributed by atoms with Gasteiger partial charge in [0.1, 0.15) is 5.75 Å². The number of hydrogen-bond acceptors (Lipinski definition) is 6. The van der Waals surface area contributed by atoms with E-state index in [4.69, 9.17) is 11.6 Å². The van der Waals surface area contributed by atoms with E-state index in [1.165, 1.54) is 6.07 Å². The topological polar surface area (TPSA) is 120 Å². The first kappa shape index (κ1) is 21.5. The second-order valence-corrected chi connectivity index (χ2v) is 8.66. The van der Waals surface area contributed by atoms with E-state index in [2.05, 4.69) is 20.3 Å². The van der Waals surface area contributed by atoms with Gasteiger partial charge < -0.3 is 10.4 Å². The molecule has 0 unspecified atom stereocenters. The minimum absolute atomic E-state index is 0.149. The van der Waals surface area contributed by atoms with Gasteiger partial charge >= 0.3 is 0 Å². The van der Waals surface area contributed by atoms with Crippen molar-refractivity contribution < 1.29 is 18.3 Å². The number of hydrogen-bond donors (Lipinski definition) is 3. The highest BCUT2D eigenvalue weighted by molar-refractivity contribution is 7.92. The van der Waals surface area contributed by atoms with Crippen molar-refractivity contribution in [1.29, 1.82) is 0 Å². The van der Waals surface area contributed by atoms with Crippen LogP contribution in [-0.2, 0) is 14.8 Å². The predicted molar refractivity (Wildman–Crippen MR) is 119 cm³/mol. The molecule has 0 aliphatic rings. The van der Waals surface area contributed by atoms with Crippen LogP contribution in [0.5, 0.6) is 5.75 Å². The fourth-order valence-corrected chi connectivity index (χ4v) is 3.46. The van der Waals surface area contributed by atoms with E-state index in [1.807, 2.05) is 0 Å². The van der Waals surface area contributed by atoms with Crippen LogP contribution in [-0.4, -0.2) is 25.7 Å². The first-order chi connectivity index (χ1) is 14.2. The zero-order valence-electron chi connectivity index (χ0n) is 16.2. The Labute approximate surface area is 178 Å². The fraction of sp³-hybridized carbons (Fsp3) is 0.150. The van der Waals surface area contributed by atoms with Crippen molar-refractivity contribution in [2.75, 3.05) is 16.3 Å². The Morgan fingerprint density at radius 3 is 2.43 bits per heavy atom. The molecule has 0 saturated heterocycles. The van der Waals surface area contributed by atoms with E-state index in [0.717, 1.165) is 6.26 Å². The molecule has 3 aromatic carbocycles. The second-order valence-electron chi connectivity index (χ2n) is 6.47. The highest BCUT2D eigenvalue weighted by Crippen LogP contribution is 2.43. The number of anilines is 2. The Balaban J connectivity index is 2.23. The molecule has 0 fully saturated rings. The molecule has 8 nitrogen and oxygen atoms in total. The Morgan fingerprint density at radius 1 is 1.10 bits per heavy atom. The zero-order chi connectivity index (χ0) is 21.9. The molecule has 3 aromatic rings. The van der Waals surface area contributed by atoms with E-state index < -0.39 is 10.0 Å². The first-order valence-electron chi connectivity index (χ1n) is 8.91. The third-order valence-corrected chi connectivity index (χ3v) is 4.94. The number of phenols is 1. The van der Waals surface area contributed by atoms with Crippen molar-refractivity contribution in [3.8, 4) is 5.75 Å². The summed E-state index contributed by atoms with van der Waals surface area (Å²) < 4.78 is 26.0. The van der Waals surface area contributed by atoms with Gasteiger partial charge in [0, 0.05) is 22.2 Å². The molecule has 30 heavy (non-hydrogen) atoms. The van der Waals surface area contributed by atoms with Gasteiger partial charge in [0.15, 0.2) is 0 Å². The SMILES string of the molecule is CCC(=O)Nc1cc(N=Nc2ccc(Cl)cc2)c2c(NS(C)(=O)=O)cccc2c1O. The molecule has 0 spiro atoms. The largest absolute Gasteiger partial charge is 0.505 e. The van der Waals surface area contributed by atoms with Gasteiger partial charge in [-0.2, -0.15) is 5.11 Å². The number of fused-ring (bicyclic) bond motifs is 1. The summed E-state index contributed by atoms with van der Waals surface area (Å²) in [5.41, 5.74) is 1.16. The number of carbonyl (C=O) groups excluding carboxylic acids is 1. The molecule has 3 N–H and O–H groups in total. The summed E-state index contributed by atoms with van der Waals surface area (Å²) in [6.07, 6.45) is 1.24. The van der Waals surface area contributed by atoms with E-state index in [1.54, 1.807) is 49.4 Å². The summed E-state index contributed by atoms with van der Waals surface area (Å²) >= 11 is 5.88. The summed E-state index contributed by atoms with van der Waals surface area (Å²) in [6.45, 7) is 1.68. The fourth-order valence-electron chi connectivity index (χ4n) is 2.76. The van der Waals surface area contributed by atoms with E-state index >= 15 is 0 Å². The van der Waals surface area contributed by atoms with Crippen LogP contribution in [0.4, 0.5) is 22.7 Å². The van der Waals surface area contributed by atoms with Crippen LogP contribution in [0, 0.1) is 0 Å². The number of aromatic hydroxyl groups is 1. The maximum Gasteiger partial charge on any atom is 0.229 e. The van der Waals surface area contributed by atoms with Crippen LogP contribution in [0.25, 0.3) is 10.8 Å². The summed E-state index contributed by atoms with van der Waals surface area (Å²) in [5.74, 6) is -0.495. The molecule has 3 rings (SSSR count). The molecule has 0 radical (unpaired) electrons. The van der Waals surface area contributed by atoms with Crippen LogP contribution >= 0.6 is 11.6 Å². The standard InChI is InChI=1S/C20H19ClN4O4S/c1-3-18(26)22-17-11-16(24-23-13-9-7-12(21)8-10-13)19-14(20(17)27)5-4-6-15(19)25-30(2,28)29/h4-11,25,27H,3H2,1-2H3,(H,22,26). The number of amides is 1. The summed E-state index contributed by atoms with van der Waals surface area (Å²) in [6, 6.07) is 12.8. The van der Waals surface area contributed by atoms with Crippen molar-refractivity contribution in [3.05, 3.63) is 53.6 Å². The summed E-state index contributed by atoms with van der Waals surface area (Å²) in [7, 11) is -3.59. The highest BCUT2D eigenvalue weighted by atomic mass is 35.5. The van der Waals surface area contributed by atoms with Gasteiger partial charge in [-0.1, -0.05) is 30.7 Å². The van der Waals surface area contributed by atoms with Gasteiger partial charge in [0.25, 0.3) is 0 Å². The Bertz CT molecular complexity index is 1240. The molecular formula is C20H19ClN4O4S. The van der Waals surface area contributed by atoms with Crippen molar-refractivity contribution in [2.24, 2.45) is 10.2 Å². The van der Waals surface area contributed by atoms with Gasteiger partial charge in [-0.15, -0.1) is 5.11 Å². The van der Waals surface area contributed by atoms with Gasteiger partial charge in [0.05, 0.1) is 29.0 Å². The number of sulfonamides is 1. The average molecular weight is 447 g/mol. The van der Waals surface area contributed by atoms with E-state index in [9.17, 15) is 18.3 Å². The lowest BCUT2D eigenvalue weighted by Gasteiger charge is -2.14. The van der Waals surface area contributed by atoms with Crippen LogP contribution < -0.4 is 10.0 Å². The van der Waals surface area contributed by atoms with Crippen LogP contribution in [0.2, 0.25) is 5.02 Å². The Kier molecular flexibility index (Phi) is 6.23. The third-order valence-electron chi connectivity index (χ3n) is 4.10. The summed E-state index contributed by atoms with van der Waals surface area (Å²) in [4.78, 5) is 11.9. The molecular weight excluding hydrogens is 428 g/mol. The Hall–Kier alpha value is -3.17. The smallest absolute Gasteiger partial charge is 0.229 e. The monoisotopic (exact) mass is 446 g/mol. The first-order valence-corrected chi connectivity index (χ1v) is 11.2. The molecule has 1 amide bonds. The van der Waals surface area contributed by atoms with Gasteiger partial charge in [-0.3, -0.25) is 9.52 Å². The minimum atomic E-state index is -3.59. The van der Waals surface area contributed by atoms with E-state index in [-0.39, 0.29) is 35.1 Å². The number of rotatable bonds is 6. The second kappa shape index (κ2) is 8.68. The normalized spacial score (nSPS) is 11.7. The lowest BCUT2D eigenvalue weighted by Crippen LogP contribution is -2.11. The molecule has 0 bridgehead atoms. The summed E-state index contributed by atoms with van der Waals surface area (Å²) in [5, 5.41) is 22.9. The van der Waals surface area contributed by atoms with Gasteiger partial charge in [-0.25, -0.2) is 8.42 Å². The maximum atomic E-state index is 11.9. The average Bonchev–Trinajstić information content (AvgIpc) is 2.69. The molecule has 0 heterocycles. The lowest BCUT2D eigenvalue weighted by atomic mass is 10.0. The number of nitrogens with one attached hydrogen (secondary N) is 2. The molecule has 0 atom stereocenters. The maximum absolute atomic E-state index is 11.9. The minimum Gasteiger partial charge on any atom is -0.505 e. The molecule has 0 aliphatic carbocycles. The van der Waals surface area contributed by atoms with Crippen LogP contribution in [0.15, 0.2) is 58.8 Å². The number of benzene rings is 3. The number of azo groups is 1. The predicted octanol–water partition coefficient (Wildman–Crippen LogP) is 5.33. The molecule has 156 valence electrons. The van der Waals surface area contributed by atoms with Crippen molar-refractivity contribution in [3.63, 3.8) is 0 Å². The lowest BCUT2D eigenvalue weighted by molar-refractivity contribution is -0.115. The van der Waals surface area contributed by atoms with Crippen LogP contribution in [0.3, 0.4) is 0 Å². The van der Waals surface area contributed by atoms with Gasteiger partial charge in [-0.05, 0) is 36.4 Å². The number of halogens is 1. The van der Waals surface area contributed by atoms with Gasteiger partial charge in [0.2, 0.25) is 15.9 Å². The van der Waals surface area contributed by atoms with Crippen molar-refractivity contribution >= 4 is 61.1 Å². The van der Waals surface area contributed by atoms with E-state index in [0.29, 0.717) is 21.5 Å². The molecule has 0 aliphatic heterocycles. The number of phenolic OH excluding ortho intramolecular Hbond substituents is 1. The zero-order valence-corrected chi connectivity index (χ0v) is 17.8. The Morgan fingerprint density at radius 2 is 1.80 bits per heavy atom. The molecule has 0 saturated carbocycles. The number of carbonyl (C=O) groups is 1.